The highest BCUT2D eigenvalue weighted by atomic mass is 16.5. The summed E-state index contributed by atoms with van der Waals surface area (Å²) < 4.78 is 5.54. The Bertz CT molecular complexity index is 1570. The number of carboxylic acid groups (broad SMARTS) is 1. The summed E-state index contributed by atoms with van der Waals surface area (Å²) in [4.78, 5) is 26.1. The Hall–Kier alpha value is -3.63. The van der Waals surface area contributed by atoms with Gasteiger partial charge in [-0.1, -0.05) is 49.8 Å². The molecule has 2 aliphatic heterocycles. The fraction of sp³-hybridized carbons (Fsp3) is 0.486. The first-order valence-electron chi connectivity index (χ1n) is 16.9. The summed E-state index contributed by atoms with van der Waals surface area (Å²) in [6.45, 7) is 11.6. The molecule has 0 radical (unpaired) electrons. The highest BCUT2D eigenvalue weighted by Crippen LogP contribution is 2.38. The van der Waals surface area contributed by atoms with E-state index < -0.39 is 11.6 Å². The van der Waals surface area contributed by atoms with Crippen LogP contribution in [-0.2, 0) is 16.1 Å². The molecule has 4 heterocycles. The standard InChI is InChI=1S/C37H48N6O3/c1-27-9-3-4-11-32(27)33-12-7-14-37(28(33)2,40-15-8-17-42-19-21-46-22-20-42)41-36-35-30(13-16-38-36)23-29(25-39-35)26-43-18-6-5-10-31(43)24-34(44)45/h3-4,7,9,11-14,16,23,25,28,31,40H,5-6,8,10,15,17-22,24,26H2,1-2H3,(H,38,41)(H,44,45). The molecule has 2 fully saturated rings. The predicted molar refractivity (Wildman–Crippen MR) is 184 cm³/mol. The average Bonchev–Trinajstić information content (AvgIpc) is 3.06. The Morgan fingerprint density at radius 3 is 2.80 bits per heavy atom. The largest absolute Gasteiger partial charge is 0.481 e. The number of benzene rings is 1. The number of morpholine rings is 1. The van der Waals surface area contributed by atoms with Crippen LogP contribution in [0.4, 0.5) is 5.82 Å². The summed E-state index contributed by atoms with van der Waals surface area (Å²) in [5, 5.41) is 18.2. The molecule has 244 valence electrons. The number of aliphatic carboxylic acids is 1. The average molecular weight is 625 g/mol. The number of ether oxygens (including phenoxy) is 1. The molecule has 1 aromatic carbocycles. The number of allylic oxidation sites excluding steroid dienone is 2. The number of nitrogens with one attached hydrogen (secondary N) is 2. The molecule has 9 nitrogen and oxygen atoms in total. The second kappa shape index (κ2) is 14.9. The van der Waals surface area contributed by atoms with Crippen LogP contribution in [0, 0.1) is 12.8 Å². The number of carboxylic acids is 1. The molecule has 2 saturated heterocycles. The van der Waals surface area contributed by atoms with Gasteiger partial charge in [0, 0.05) is 49.4 Å². The lowest BCUT2D eigenvalue weighted by Gasteiger charge is -2.42. The number of anilines is 1. The van der Waals surface area contributed by atoms with Gasteiger partial charge in [0.25, 0.3) is 0 Å². The lowest BCUT2D eigenvalue weighted by molar-refractivity contribution is -0.138. The van der Waals surface area contributed by atoms with E-state index in [1.807, 2.05) is 18.5 Å². The van der Waals surface area contributed by atoms with Crippen LogP contribution in [0.2, 0.25) is 0 Å². The molecule has 46 heavy (non-hydrogen) atoms. The number of fused-ring (bicyclic) bond motifs is 1. The normalized spacial score (nSPS) is 24.2. The summed E-state index contributed by atoms with van der Waals surface area (Å²) in [6, 6.07) is 12.9. The maximum Gasteiger partial charge on any atom is 0.304 e. The van der Waals surface area contributed by atoms with E-state index in [2.05, 4.69) is 82.8 Å². The van der Waals surface area contributed by atoms with E-state index in [0.717, 1.165) is 93.9 Å². The first-order chi connectivity index (χ1) is 22.4. The summed E-state index contributed by atoms with van der Waals surface area (Å²) >= 11 is 0. The van der Waals surface area contributed by atoms with Gasteiger partial charge in [-0.15, -0.1) is 0 Å². The van der Waals surface area contributed by atoms with E-state index in [-0.39, 0.29) is 18.4 Å². The number of piperidine rings is 1. The number of aromatic nitrogens is 2. The molecule has 3 aliphatic rings. The molecule has 2 aromatic heterocycles. The molecule has 0 spiro atoms. The number of rotatable bonds is 12. The maximum atomic E-state index is 11.5. The molecule has 1 aliphatic carbocycles. The molecular formula is C37H48N6O3. The molecule has 9 heteroatoms. The first kappa shape index (κ1) is 32.3. The molecular weight excluding hydrogens is 576 g/mol. The SMILES string of the molecule is Cc1ccccc1C1=CC=CC(NCCCN2CCOCC2)(Nc2nccc3cc(CN4CCCCC4CC(=O)O)cnc23)C1C. The van der Waals surface area contributed by atoms with Gasteiger partial charge in [-0.25, -0.2) is 4.98 Å². The summed E-state index contributed by atoms with van der Waals surface area (Å²) in [7, 11) is 0. The lowest BCUT2D eigenvalue weighted by atomic mass is 9.78. The quantitative estimate of drug-likeness (QED) is 0.179. The number of aryl methyl sites for hydroxylation is 1. The summed E-state index contributed by atoms with van der Waals surface area (Å²) in [6.07, 6.45) is 14.7. The smallest absolute Gasteiger partial charge is 0.304 e. The molecule has 0 saturated carbocycles. The fourth-order valence-electron chi connectivity index (χ4n) is 7.30. The predicted octanol–water partition coefficient (Wildman–Crippen LogP) is 5.48. The molecule has 3 aromatic rings. The number of hydrogen-bond donors (Lipinski definition) is 3. The molecule has 0 amide bonds. The van der Waals surface area contributed by atoms with E-state index in [0.29, 0.717) is 6.54 Å². The van der Waals surface area contributed by atoms with Crippen LogP contribution in [0.15, 0.2) is 67.0 Å². The van der Waals surface area contributed by atoms with Gasteiger partial charge >= 0.3 is 5.97 Å². The lowest BCUT2D eigenvalue weighted by Crippen LogP contribution is -2.57. The van der Waals surface area contributed by atoms with Crippen molar-refractivity contribution in [1.29, 1.82) is 0 Å². The fourth-order valence-corrected chi connectivity index (χ4v) is 7.30. The number of likely N-dealkylation sites (tertiary alicyclic amines) is 1. The Kier molecular flexibility index (Phi) is 10.4. The Morgan fingerprint density at radius 1 is 1.13 bits per heavy atom. The van der Waals surface area contributed by atoms with Crippen LogP contribution >= 0.6 is 0 Å². The molecule has 3 atom stereocenters. The van der Waals surface area contributed by atoms with Crippen LogP contribution in [0.3, 0.4) is 0 Å². The zero-order valence-electron chi connectivity index (χ0n) is 27.3. The monoisotopic (exact) mass is 624 g/mol. The third-order valence-electron chi connectivity index (χ3n) is 9.94. The van der Waals surface area contributed by atoms with Crippen molar-refractivity contribution < 1.29 is 14.6 Å². The molecule has 3 unspecified atom stereocenters. The topological polar surface area (TPSA) is 103 Å². The van der Waals surface area contributed by atoms with Crippen molar-refractivity contribution in [2.24, 2.45) is 5.92 Å². The first-order valence-corrected chi connectivity index (χ1v) is 16.9. The van der Waals surface area contributed by atoms with Gasteiger partial charge in [-0.3, -0.25) is 24.9 Å². The number of carbonyl (C=O) groups is 1. The third kappa shape index (κ3) is 7.50. The van der Waals surface area contributed by atoms with E-state index >= 15 is 0 Å². The molecule has 3 N–H and O–H groups in total. The van der Waals surface area contributed by atoms with Crippen molar-refractivity contribution in [2.75, 3.05) is 51.3 Å². The van der Waals surface area contributed by atoms with Crippen molar-refractivity contribution in [3.05, 3.63) is 83.7 Å². The van der Waals surface area contributed by atoms with Crippen LogP contribution in [-0.4, -0.2) is 88.5 Å². The third-order valence-corrected chi connectivity index (χ3v) is 9.94. The zero-order chi connectivity index (χ0) is 31.9. The second-order valence-electron chi connectivity index (χ2n) is 13.0. The van der Waals surface area contributed by atoms with Crippen LogP contribution in [0.25, 0.3) is 16.5 Å². The van der Waals surface area contributed by atoms with Crippen molar-refractivity contribution in [3.8, 4) is 0 Å². The van der Waals surface area contributed by atoms with Crippen molar-refractivity contribution in [2.45, 2.75) is 64.2 Å². The highest BCUT2D eigenvalue weighted by Gasteiger charge is 2.38. The summed E-state index contributed by atoms with van der Waals surface area (Å²) in [5.74, 6) is 0.114. The van der Waals surface area contributed by atoms with Crippen molar-refractivity contribution in [3.63, 3.8) is 0 Å². The van der Waals surface area contributed by atoms with Gasteiger partial charge < -0.3 is 15.2 Å². The summed E-state index contributed by atoms with van der Waals surface area (Å²) in [5.41, 5.74) is 5.14. The van der Waals surface area contributed by atoms with Gasteiger partial charge in [0.15, 0.2) is 5.82 Å². The van der Waals surface area contributed by atoms with Crippen LogP contribution in [0.5, 0.6) is 0 Å². The number of nitrogens with zero attached hydrogens (tertiary/aromatic N) is 4. The van der Waals surface area contributed by atoms with Crippen LogP contribution in [0.1, 0.15) is 55.7 Å². The Labute approximate surface area is 272 Å². The van der Waals surface area contributed by atoms with Gasteiger partial charge in [-0.2, -0.15) is 0 Å². The van der Waals surface area contributed by atoms with E-state index in [1.165, 1.54) is 16.7 Å². The number of hydrogen-bond acceptors (Lipinski definition) is 8. The zero-order valence-corrected chi connectivity index (χ0v) is 27.3. The van der Waals surface area contributed by atoms with Gasteiger partial charge in [0.2, 0.25) is 0 Å². The minimum Gasteiger partial charge on any atom is -0.481 e. The Balaban J connectivity index is 1.25. The van der Waals surface area contributed by atoms with Gasteiger partial charge in [0.05, 0.1) is 19.6 Å². The Morgan fingerprint density at radius 2 is 1.98 bits per heavy atom. The number of pyridine rings is 2. The maximum absolute atomic E-state index is 11.5. The van der Waals surface area contributed by atoms with E-state index in [1.54, 1.807) is 0 Å². The minimum absolute atomic E-state index is 0.0703. The molecule has 6 rings (SSSR count). The highest BCUT2D eigenvalue weighted by molar-refractivity contribution is 5.89. The van der Waals surface area contributed by atoms with Gasteiger partial charge in [0.1, 0.15) is 11.2 Å². The van der Waals surface area contributed by atoms with E-state index in [9.17, 15) is 9.90 Å². The van der Waals surface area contributed by atoms with Gasteiger partial charge in [-0.05, 0) is 86.3 Å². The van der Waals surface area contributed by atoms with Crippen LogP contribution < -0.4 is 10.6 Å². The van der Waals surface area contributed by atoms with Crippen molar-refractivity contribution >= 4 is 28.3 Å². The molecule has 0 bridgehead atoms. The van der Waals surface area contributed by atoms with E-state index in [4.69, 9.17) is 14.7 Å². The minimum atomic E-state index is -0.731. The van der Waals surface area contributed by atoms with Crippen molar-refractivity contribution in [1.82, 2.24) is 25.1 Å². The second-order valence-corrected chi connectivity index (χ2v) is 13.0.